The van der Waals surface area contributed by atoms with Crippen LogP contribution in [0.15, 0.2) is 24.3 Å². The van der Waals surface area contributed by atoms with Crippen LogP contribution in [0.4, 0.5) is 0 Å². The maximum absolute atomic E-state index is 11.4. The number of carboxylic acid groups (broad SMARTS) is 1. The Bertz CT molecular complexity index is 409. The first-order valence-corrected chi connectivity index (χ1v) is 6.61. The van der Waals surface area contributed by atoms with E-state index in [1.165, 1.54) is 0 Å². The van der Waals surface area contributed by atoms with Crippen molar-refractivity contribution in [2.45, 2.75) is 39.0 Å². The maximum Gasteiger partial charge on any atom is 0.303 e. The topological polar surface area (TPSA) is 63.6 Å². The molecule has 0 amide bonds. The van der Waals surface area contributed by atoms with Crippen molar-refractivity contribution in [2.24, 2.45) is 0 Å². The predicted molar refractivity (Wildman–Crippen MR) is 72.7 cm³/mol. The van der Waals surface area contributed by atoms with Crippen molar-refractivity contribution in [3.8, 4) is 5.75 Å². The summed E-state index contributed by atoms with van der Waals surface area (Å²) >= 11 is 0. The number of carbonyl (C=O) groups is 2. The lowest BCUT2D eigenvalue weighted by Gasteiger charge is -2.06. The van der Waals surface area contributed by atoms with Gasteiger partial charge in [0.2, 0.25) is 0 Å². The second-order valence-corrected chi connectivity index (χ2v) is 4.35. The fourth-order valence-corrected chi connectivity index (χ4v) is 1.69. The summed E-state index contributed by atoms with van der Waals surface area (Å²) in [6.45, 7) is 2.41. The van der Waals surface area contributed by atoms with E-state index in [0.29, 0.717) is 25.0 Å². The fraction of sp³-hybridized carbons (Fsp3) is 0.467. The Balaban J connectivity index is 2.23. The number of carboxylic acids is 1. The molecule has 0 atom stereocenters. The first kappa shape index (κ1) is 15.2. The highest BCUT2D eigenvalue weighted by Crippen LogP contribution is 2.14. The van der Waals surface area contributed by atoms with Crippen LogP contribution in [0.25, 0.3) is 0 Å². The van der Waals surface area contributed by atoms with Crippen LogP contribution in [0, 0.1) is 0 Å². The molecule has 4 heteroatoms. The van der Waals surface area contributed by atoms with Gasteiger partial charge in [-0.3, -0.25) is 9.59 Å². The predicted octanol–water partition coefficient (Wildman–Crippen LogP) is 3.30. The van der Waals surface area contributed by atoms with Crippen LogP contribution in [-0.2, 0) is 4.79 Å². The lowest BCUT2D eigenvalue weighted by Crippen LogP contribution is -2.00. The zero-order chi connectivity index (χ0) is 14.1. The molecule has 0 aromatic heterocycles. The van der Waals surface area contributed by atoms with Gasteiger partial charge < -0.3 is 9.84 Å². The van der Waals surface area contributed by atoms with Gasteiger partial charge >= 0.3 is 5.97 Å². The summed E-state index contributed by atoms with van der Waals surface area (Å²) in [4.78, 5) is 21.7. The van der Waals surface area contributed by atoms with E-state index in [1.807, 2.05) is 6.92 Å². The Morgan fingerprint density at radius 1 is 1.11 bits per heavy atom. The van der Waals surface area contributed by atoms with Crippen molar-refractivity contribution in [1.29, 1.82) is 0 Å². The molecular weight excluding hydrogens is 244 g/mol. The van der Waals surface area contributed by atoms with E-state index in [-0.39, 0.29) is 12.2 Å². The Hall–Kier alpha value is -1.84. The lowest BCUT2D eigenvalue weighted by atomic mass is 10.1. The SMILES string of the molecule is CCC(=O)c1ccc(OCCCCCC(=O)O)cc1. The molecule has 4 nitrogen and oxygen atoms in total. The number of carbonyl (C=O) groups excluding carboxylic acids is 1. The zero-order valence-corrected chi connectivity index (χ0v) is 11.2. The van der Waals surface area contributed by atoms with Crippen molar-refractivity contribution >= 4 is 11.8 Å². The summed E-state index contributed by atoms with van der Waals surface area (Å²) in [6.07, 6.45) is 3.09. The minimum absolute atomic E-state index is 0.125. The Morgan fingerprint density at radius 2 is 1.79 bits per heavy atom. The highest BCUT2D eigenvalue weighted by Gasteiger charge is 2.02. The third-order valence-electron chi connectivity index (χ3n) is 2.80. The molecule has 0 saturated carbocycles. The van der Waals surface area contributed by atoms with Crippen molar-refractivity contribution in [3.63, 3.8) is 0 Å². The highest BCUT2D eigenvalue weighted by atomic mass is 16.5. The van der Waals surface area contributed by atoms with Crippen molar-refractivity contribution < 1.29 is 19.4 Å². The summed E-state index contributed by atoms with van der Waals surface area (Å²) in [7, 11) is 0. The van der Waals surface area contributed by atoms with Gasteiger partial charge in [0, 0.05) is 18.4 Å². The van der Waals surface area contributed by atoms with Gasteiger partial charge in [0.25, 0.3) is 0 Å². The van der Waals surface area contributed by atoms with Crippen LogP contribution in [0.5, 0.6) is 5.75 Å². The average molecular weight is 264 g/mol. The lowest BCUT2D eigenvalue weighted by molar-refractivity contribution is -0.137. The van der Waals surface area contributed by atoms with Gasteiger partial charge in [-0.15, -0.1) is 0 Å². The van der Waals surface area contributed by atoms with Gasteiger partial charge in [-0.2, -0.15) is 0 Å². The third-order valence-corrected chi connectivity index (χ3v) is 2.80. The van der Waals surface area contributed by atoms with E-state index >= 15 is 0 Å². The molecule has 104 valence electrons. The molecule has 1 aromatic rings. The first-order valence-electron chi connectivity index (χ1n) is 6.61. The summed E-state index contributed by atoms with van der Waals surface area (Å²) in [6, 6.07) is 7.12. The second-order valence-electron chi connectivity index (χ2n) is 4.35. The molecule has 19 heavy (non-hydrogen) atoms. The number of ketones is 1. The molecular formula is C15H20O4. The fourth-order valence-electron chi connectivity index (χ4n) is 1.69. The Kier molecular flexibility index (Phi) is 6.64. The largest absolute Gasteiger partial charge is 0.494 e. The van der Waals surface area contributed by atoms with E-state index in [0.717, 1.165) is 18.6 Å². The quantitative estimate of drug-likeness (QED) is 0.549. The molecule has 0 fully saturated rings. The van der Waals surface area contributed by atoms with Crippen LogP contribution in [0.3, 0.4) is 0 Å². The van der Waals surface area contributed by atoms with Gasteiger partial charge in [0.1, 0.15) is 5.75 Å². The van der Waals surface area contributed by atoms with E-state index in [9.17, 15) is 9.59 Å². The summed E-state index contributed by atoms with van der Waals surface area (Å²) < 4.78 is 5.52. The number of aliphatic carboxylic acids is 1. The highest BCUT2D eigenvalue weighted by molar-refractivity contribution is 5.95. The van der Waals surface area contributed by atoms with E-state index in [2.05, 4.69) is 0 Å². The number of benzene rings is 1. The minimum atomic E-state index is -0.753. The summed E-state index contributed by atoms with van der Waals surface area (Å²) in [5, 5.41) is 8.48. The van der Waals surface area contributed by atoms with E-state index in [4.69, 9.17) is 9.84 Å². The molecule has 0 unspecified atom stereocenters. The second kappa shape index (κ2) is 8.29. The van der Waals surface area contributed by atoms with E-state index < -0.39 is 5.97 Å². The number of ether oxygens (including phenoxy) is 1. The van der Waals surface area contributed by atoms with Crippen LogP contribution in [0.1, 0.15) is 49.4 Å². The molecule has 1 N–H and O–H groups in total. The van der Waals surface area contributed by atoms with Crippen LogP contribution >= 0.6 is 0 Å². The van der Waals surface area contributed by atoms with Crippen LogP contribution in [0.2, 0.25) is 0 Å². The Labute approximate surface area is 113 Å². The average Bonchev–Trinajstić information content (AvgIpc) is 2.42. The van der Waals surface area contributed by atoms with Gasteiger partial charge in [-0.05, 0) is 43.5 Å². The van der Waals surface area contributed by atoms with Gasteiger partial charge in [0.15, 0.2) is 5.78 Å². The number of hydrogen-bond donors (Lipinski definition) is 1. The molecule has 0 aliphatic rings. The molecule has 0 aliphatic carbocycles. The number of hydrogen-bond acceptors (Lipinski definition) is 3. The maximum atomic E-state index is 11.4. The van der Waals surface area contributed by atoms with Gasteiger partial charge in [0.05, 0.1) is 6.61 Å². The van der Waals surface area contributed by atoms with Gasteiger partial charge in [-0.25, -0.2) is 0 Å². The molecule has 1 rings (SSSR count). The van der Waals surface area contributed by atoms with Crippen LogP contribution in [-0.4, -0.2) is 23.5 Å². The molecule has 0 radical (unpaired) electrons. The van der Waals surface area contributed by atoms with Crippen molar-refractivity contribution in [2.75, 3.05) is 6.61 Å². The van der Waals surface area contributed by atoms with E-state index in [1.54, 1.807) is 24.3 Å². The monoisotopic (exact) mass is 264 g/mol. The molecule has 0 aliphatic heterocycles. The minimum Gasteiger partial charge on any atom is -0.494 e. The first-order chi connectivity index (χ1) is 9.13. The molecule has 0 heterocycles. The number of Topliss-reactive ketones (excluding diaryl/α,β-unsaturated/α-hetero) is 1. The number of rotatable bonds is 9. The summed E-state index contributed by atoms with van der Waals surface area (Å²) in [5.41, 5.74) is 0.705. The molecule has 0 spiro atoms. The Morgan fingerprint density at radius 3 is 2.37 bits per heavy atom. The van der Waals surface area contributed by atoms with Gasteiger partial charge in [-0.1, -0.05) is 6.92 Å². The number of unbranched alkanes of at least 4 members (excludes halogenated alkanes) is 2. The molecule has 0 bridgehead atoms. The smallest absolute Gasteiger partial charge is 0.303 e. The standard InChI is InChI=1S/C15H20O4/c1-2-14(16)12-7-9-13(10-8-12)19-11-5-3-4-6-15(17)18/h7-10H,2-6,11H2,1H3,(H,17,18). The van der Waals surface area contributed by atoms with Crippen molar-refractivity contribution in [1.82, 2.24) is 0 Å². The van der Waals surface area contributed by atoms with Crippen molar-refractivity contribution in [3.05, 3.63) is 29.8 Å². The zero-order valence-electron chi connectivity index (χ0n) is 11.2. The normalized spacial score (nSPS) is 10.2. The summed E-state index contributed by atoms with van der Waals surface area (Å²) in [5.74, 6) is 0.114. The van der Waals surface area contributed by atoms with Crippen LogP contribution < -0.4 is 4.74 Å². The molecule has 0 saturated heterocycles. The molecule has 1 aromatic carbocycles. The third kappa shape index (κ3) is 6.04.